The molecule has 20 heavy (non-hydrogen) atoms. The lowest BCUT2D eigenvalue weighted by atomic mass is 10.1. The summed E-state index contributed by atoms with van der Waals surface area (Å²) < 4.78 is 1.80. The first-order valence-electron chi connectivity index (χ1n) is 6.44. The molecule has 0 fully saturated rings. The van der Waals surface area contributed by atoms with Crippen molar-refractivity contribution in [1.29, 1.82) is 5.26 Å². The van der Waals surface area contributed by atoms with Crippen LogP contribution in [-0.2, 0) is 13.6 Å². The van der Waals surface area contributed by atoms with Gasteiger partial charge in [-0.2, -0.15) is 10.4 Å². The van der Waals surface area contributed by atoms with Crippen LogP contribution in [0.2, 0.25) is 5.02 Å². The molecule has 1 N–H and O–H groups in total. The minimum atomic E-state index is 0.175. The van der Waals surface area contributed by atoms with Crippen LogP contribution in [0.5, 0.6) is 0 Å². The van der Waals surface area contributed by atoms with E-state index in [4.69, 9.17) is 16.9 Å². The maximum atomic E-state index is 8.79. The van der Waals surface area contributed by atoms with Crippen molar-refractivity contribution in [3.05, 3.63) is 51.8 Å². The van der Waals surface area contributed by atoms with Gasteiger partial charge in [0.1, 0.15) is 0 Å². The fourth-order valence-corrected chi connectivity index (χ4v) is 2.31. The predicted octanol–water partition coefficient (Wildman–Crippen LogP) is 3.10. The van der Waals surface area contributed by atoms with Crippen molar-refractivity contribution in [1.82, 2.24) is 15.1 Å². The molecule has 0 saturated carbocycles. The topological polar surface area (TPSA) is 53.6 Å². The molecule has 4 nitrogen and oxygen atoms in total. The van der Waals surface area contributed by atoms with Crippen molar-refractivity contribution < 1.29 is 0 Å². The quantitative estimate of drug-likeness (QED) is 0.940. The summed E-state index contributed by atoms with van der Waals surface area (Å²) in [5.41, 5.74) is 3.63. The Kier molecular flexibility index (Phi) is 4.43. The van der Waals surface area contributed by atoms with Crippen molar-refractivity contribution in [2.24, 2.45) is 7.05 Å². The number of halogens is 1. The summed E-state index contributed by atoms with van der Waals surface area (Å²) >= 11 is 6.22. The minimum Gasteiger partial charge on any atom is -0.305 e. The Morgan fingerprint density at radius 1 is 1.40 bits per heavy atom. The summed E-state index contributed by atoms with van der Waals surface area (Å²) in [6.07, 6.45) is 0. The molecular weight excluding hydrogens is 272 g/mol. The molecule has 0 bridgehead atoms. The van der Waals surface area contributed by atoms with Crippen LogP contribution in [-0.4, -0.2) is 9.78 Å². The number of rotatable bonds is 4. The second-order valence-corrected chi connectivity index (χ2v) is 5.18. The van der Waals surface area contributed by atoms with E-state index in [0.717, 1.165) is 17.0 Å². The minimum absolute atomic E-state index is 0.175. The lowest BCUT2D eigenvalue weighted by Crippen LogP contribution is -2.20. The Bertz CT molecular complexity index is 637. The molecule has 0 aliphatic carbocycles. The molecule has 1 aromatic heterocycles. The van der Waals surface area contributed by atoms with Gasteiger partial charge in [-0.05, 0) is 31.5 Å². The number of aromatic nitrogens is 2. The van der Waals surface area contributed by atoms with Crippen LogP contribution in [0.25, 0.3) is 0 Å². The van der Waals surface area contributed by atoms with Gasteiger partial charge in [0.2, 0.25) is 0 Å². The molecule has 0 aliphatic rings. The van der Waals surface area contributed by atoms with Gasteiger partial charge in [-0.3, -0.25) is 4.68 Å². The Hall–Kier alpha value is -1.83. The zero-order valence-corrected chi connectivity index (χ0v) is 12.6. The standard InChI is InChI=1S/C15H17ClN4/c1-10(13-6-4-12(8-17)5-7-13)18-9-14-15(16)11(2)19-20(14)3/h4-7,10,18H,9H2,1-3H3. The molecule has 0 aliphatic heterocycles. The van der Waals surface area contributed by atoms with Gasteiger partial charge < -0.3 is 5.32 Å². The number of benzene rings is 1. The lowest BCUT2D eigenvalue weighted by molar-refractivity contribution is 0.548. The normalized spacial score (nSPS) is 12.2. The summed E-state index contributed by atoms with van der Waals surface area (Å²) in [6, 6.07) is 9.88. The van der Waals surface area contributed by atoms with Gasteiger partial charge in [0.05, 0.1) is 28.0 Å². The molecule has 0 spiro atoms. The highest BCUT2D eigenvalue weighted by atomic mass is 35.5. The van der Waals surface area contributed by atoms with Crippen molar-refractivity contribution >= 4 is 11.6 Å². The van der Waals surface area contributed by atoms with E-state index in [0.29, 0.717) is 17.1 Å². The Balaban J connectivity index is 2.04. The van der Waals surface area contributed by atoms with Crippen LogP contribution < -0.4 is 5.32 Å². The Morgan fingerprint density at radius 2 is 2.05 bits per heavy atom. The molecule has 1 unspecified atom stereocenters. The van der Waals surface area contributed by atoms with Crippen LogP contribution in [0.15, 0.2) is 24.3 Å². The number of nitrogens with zero attached hydrogens (tertiary/aromatic N) is 3. The van der Waals surface area contributed by atoms with Gasteiger partial charge in [0.15, 0.2) is 0 Å². The number of nitrogens with one attached hydrogen (secondary N) is 1. The first-order chi connectivity index (χ1) is 9.52. The predicted molar refractivity (Wildman–Crippen MR) is 79.4 cm³/mol. The van der Waals surface area contributed by atoms with Crippen LogP contribution >= 0.6 is 11.6 Å². The summed E-state index contributed by atoms with van der Waals surface area (Å²) in [7, 11) is 1.89. The van der Waals surface area contributed by atoms with Crippen LogP contribution in [0.4, 0.5) is 0 Å². The third kappa shape index (κ3) is 3.01. The number of nitriles is 1. The first kappa shape index (κ1) is 14.6. The van der Waals surface area contributed by atoms with Crippen LogP contribution in [0.3, 0.4) is 0 Å². The van der Waals surface area contributed by atoms with E-state index in [1.807, 2.05) is 38.2 Å². The molecular formula is C15H17ClN4. The van der Waals surface area contributed by atoms with Crippen molar-refractivity contribution in [3.63, 3.8) is 0 Å². The zero-order valence-electron chi connectivity index (χ0n) is 11.8. The Morgan fingerprint density at radius 3 is 2.55 bits per heavy atom. The highest BCUT2D eigenvalue weighted by molar-refractivity contribution is 6.31. The summed E-state index contributed by atoms with van der Waals surface area (Å²) in [4.78, 5) is 0. The molecule has 0 saturated heterocycles. The number of hydrogen-bond acceptors (Lipinski definition) is 3. The van der Waals surface area contributed by atoms with Crippen molar-refractivity contribution in [3.8, 4) is 6.07 Å². The molecule has 1 heterocycles. The Labute approximate surface area is 124 Å². The smallest absolute Gasteiger partial charge is 0.0991 e. The molecule has 0 radical (unpaired) electrons. The van der Waals surface area contributed by atoms with Gasteiger partial charge in [-0.1, -0.05) is 23.7 Å². The van der Waals surface area contributed by atoms with E-state index < -0.39 is 0 Å². The molecule has 1 atom stereocenters. The van der Waals surface area contributed by atoms with Crippen molar-refractivity contribution in [2.75, 3.05) is 0 Å². The zero-order chi connectivity index (χ0) is 14.7. The molecule has 2 rings (SSSR count). The lowest BCUT2D eigenvalue weighted by Gasteiger charge is -2.14. The summed E-state index contributed by atoms with van der Waals surface area (Å²) in [6.45, 7) is 4.63. The molecule has 2 aromatic rings. The fourth-order valence-electron chi connectivity index (χ4n) is 2.09. The second kappa shape index (κ2) is 6.08. The van der Waals surface area contributed by atoms with Gasteiger partial charge in [-0.25, -0.2) is 0 Å². The van der Waals surface area contributed by atoms with Gasteiger partial charge >= 0.3 is 0 Å². The van der Waals surface area contributed by atoms with E-state index in [-0.39, 0.29) is 6.04 Å². The molecule has 1 aromatic carbocycles. The van der Waals surface area contributed by atoms with Crippen molar-refractivity contribution in [2.45, 2.75) is 26.4 Å². The summed E-state index contributed by atoms with van der Waals surface area (Å²) in [5.74, 6) is 0. The summed E-state index contributed by atoms with van der Waals surface area (Å²) in [5, 5.41) is 17.2. The van der Waals surface area contributed by atoms with E-state index >= 15 is 0 Å². The molecule has 104 valence electrons. The number of hydrogen-bond donors (Lipinski definition) is 1. The van der Waals surface area contributed by atoms with Gasteiger partial charge in [-0.15, -0.1) is 0 Å². The average Bonchev–Trinajstić information content (AvgIpc) is 2.70. The average molecular weight is 289 g/mol. The molecule has 0 amide bonds. The first-order valence-corrected chi connectivity index (χ1v) is 6.82. The van der Waals surface area contributed by atoms with Gasteiger partial charge in [0.25, 0.3) is 0 Å². The monoisotopic (exact) mass is 288 g/mol. The van der Waals surface area contributed by atoms with Gasteiger partial charge in [0, 0.05) is 19.6 Å². The third-order valence-corrected chi connectivity index (χ3v) is 3.87. The number of aryl methyl sites for hydroxylation is 2. The van der Waals surface area contributed by atoms with Crippen LogP contribution in [0.1, 0.15) is 35.5 Å². The second-order valence-electron chi connectivity index (χ2n) is 4.81. The SMILES string of the molecule is Cc1nn(C)c(CNC(C)c2ccc(C#N)cc2)c1Cl. The largest absolute Gasteiger partial charge is 0.305 e. The van der Waals surface area contributed by atoms with E-state index in [2.05, 4.69) is 23.4 Å². The van der Waals surface area contributed by atoms with E-state index in [1.165, 1.54) is 0 Å². The van der Waals surface area contributed by atoms with E-state index in [1.54, 1.807) is 4.68 Å². The maximum absolute atomic E-state index is 8.79. The third-order valence-electron chi connectivity index (χ3n) is 3.38. The highest BCUT2D eigenvalue weighted by Crippen LogP contribution is 2.20. The van der Waals surface area contributed by atoms with E-state index in [9.17, 15) is 0 Å². The highest BCUT2D eigenvalue weighted by Gasteiger charge is 2.12. The van der Waals surface area contributed by atoms with Crippen LogP contribution in [0, 0.1) is 18.3 Å². The maximum Gasteiger partial charge on any atom is 0.0991 e. The molecule has 5 heteroatoms. The fraction of sp³-hybridized carbons (Fsp3) is 0.333.